The Kier molecular flexibility index (Phi) is 4.17. The van der Waals surface area contributed by atoms with Gasteiger partial charge in [-0.25, -0.2) is 4.98 Å². The van der Waals surface area contributed by atoms with Crippen LogP contribution >= 0.6 is 34.8 Å². The van der Waals surface area contributed by atoms with Crippen LogP contribution in [0.25, 0.3) is 0 Å². The highest BCUT2D eigenvalue weighted by atomic mass is 35.5. The van der Waals surface area contributed by atoms with Crippen LogP contribution in [0.15, 0.2) is 30.5 Å². The molecular weight excluding hydrogens is 295 g/mol. The van der Waals surface area contributed by atoms with Crippen LogP contribution in [0.4, 0.5) is 5.82 Å². The maximum Gasteiger partial charge on any atom is 0.157 e. The highest BCUT2D eigenvalue weighted by molar-refractivity contribution is 6.40. The Morgan fingerprint density at radius 2 is 1.78 bits per heavy atom. The molecule has 1 heterocycles. The molecule has 1 aromatic heterocycles. The van der Waals surface area contributed by atoms with Gasteiger partial charge in [-0.05, 0) is 29.8 Å². The van der Waals surface area contributed by atoms with Crippen LogP contribution in [0.3, 0.4) is 0 Å². The van der Waals surface area contributed by atoms with E-state index in [2.05, 4.69) is 4.98 Å². The van der Waals surface area contributed by atoms with E-state index in [1.165, 1.54) is 0 Å². The minimum Gasteiger partial charge on any atom is -0.486 e. The van der Waals surface area contributed by atoms with E-state index in [9.17, 15) is 0 Å². The summed E-state index contributed by atoms with van der Waals surface area (Å²) in [5.41, 5.74) is 6.45. The molecule has 2 aromatic rings. The lowest BCUT2D eigenvalue weighted by atomic mass is 10.3. The SMILES string of the molecule is Nc1cc(COc2c(Cl)cc(Cl)cc2Cl)ccn1. The third-order valence-corrected chi connectivity index (χ3v) is 2.97. The van der Waals surface area contributed by atoms with Crippen molar-refractivity contribution in [1.82, 2.24) is 4.98 Å². The molecule has 0 aliphatic heterocycles. The number of aromatic nitrogens is 1. The number of halogens is 3. The van der Waals surface area contributed by atoms with Gasteiger partial charge in [0.2, 0.25) is 0 Å². The van der Waals surface area contributed by atoms with Crippen molar-refractivity contribution in [3.63, 3.8) is 0 Å². The lowest BCUT2D eigenvalue weighted by molar-refractivity contribution is 0.306. The number of pyridine rings is 1. The van der Waals surface area contributed by atoms with E-state index < -0.39 is 0 Å². The summed E-state index contributed by atoms with van der Waals surface area (Å²) >= 11 is 17.8. The maximum atomic E-state index is 6.00. The predicted molar refractivity (Wildman–Crippen MR) is 74.5 cm³/mol. The molecule has 2 rings (SSSR count). The second kappa shape index (κ2) is 5.65. The van der Waals surface area contributed by atoms with E-state index in [0.29, 0.717) is 33.2 Å². The van der Waals surface area contributed by atoms with Crippen molar-refractivity contribution in [3.05, 3.63) is 51.1 Å². The second-order valence-corrected chi connectivity index (χ2v) is 4.83. The van der Waals surface area contributed by atoms with Crippen molar-refractivity contribution in [2.45, 2.75) is 6.61 Å². The molecule has 94 valence electrons. The van der Waals surface area contributed by atoms with E-state index >= 15 is 0 Å². The topological polar surface area (TPSA) is 48.1 Å². The number of hydrogen-bond acceptors (Lipinski definition) is 3. The van der Waals surface area contributed by atoms with E-state index in [0.717, 1.165) is 5.56 Å². The second-order valence-electron chi connectivity index (χ2n) is 3.58. The van der Waals surface area contributed by atoms with Crippen LogP contribution in [0.2, 0.25) is 15.1 Å². The van der Waals surface area contributed by atoms with Crippen molar-refractivity contribution >= 4 is 40.6 Å². The van der Waals surface area contributed by atoms with Gasteiger partial charge in [0.1, 0.15) is 12.4 Å². The molecule has 0 spiro atoms. The molecule has 0 aliphatic rings. The van der Waals surface area contributed by atoms with Gasteiger partial charge in [0.25, 0.3) is 0 Å². The molecule has 3 nitrogen and oxygen atoms in total. The number of nitrogens with zero attached hydrogens (tertiary/aromatic N) is 1. The Bertz CT molecular complexity index is 552. The highest BCUT2D eigenvalue weighted by Gasteiger charge is 2.09. The summed E-state index contributed by atoms with van der Waals surface area (Å²) in [5.74, 6) is 0.836. The van der Waals surface area contributed by atoms with Gasteiger partial charge in [-0.1, -0.05) is 34.8 Å². The van der Waals surface area contributed by atoms with Crippen molar-refractivity contribution in [3.8, 4) is 5.75 Å². The molecule has 0 aliphatic carbocycles. The fourth-order valence-electron chi connectivity index (χ4n) is 1.41. The van der Waals surface area contributed by atoms with Crippen LogP contribution in [-0.2, 0) is 6.61 Å². The third-order valence-electron chi connectivity index (χ3n) is 2.19. The molecule has 0 fully saturated rings. The molecule has 0 atom stereocenters. The number of ether oxygens (including phenoxy) is 1. The van der Waals surface area contributed by atoms with E-state index in [1.807, 2.05) is 0 Å². The molecule has 1 aromatic carbocycles. The number of benzene rings is 1. The average molecular weight is 304 g/mol. The standard InChI is InChI=1S/C12H9Cl3N2O/c13-8-4-9(14)12(10(15)5-8)18-6-7-1-2-17-11(16)3-7/h1-5H,6H2,(H2,16,17). The first kappa shape index (κ1) is 13.3. The Hall–Kier alpha value is -1.16. The normalized spacial score (nSPS) is 10.4. The van der Waals surface area contributed by atoms with E-state index in [-0.39, 0.29) is 0 Å². The quantitative estimate of drug-likeness (QED) is 0.924. The van der Waals surface area contributed by atoms with Gasteiger partial charge in [0.05, 0.1) is 10.0 Å². The highest BCUT2D eigenvalue weighted by Crippen LogP contribution is 2.36. The Morgan fingerprint density at radius 3 is 2.39 bits per heavy atom. The van der Waals surface area contributed by atoms with Gasteiger partial charge in [-0.2, -0.15) is 0 Å². The zero-order valence-electron chi connectivity index (χ0n) is 9.16. The molecular formula is C12H9Cl3N2O. The van der Waals surface area contributed by atoms with Gasteiger partial charge in [-0.3, -0.25) is 0 Å². The smallest absolute Gasteiger partial charge is 0.157 e. The number of rotatable bonds is 3. The zero-order chi connectivity index (χ0) is 13.1. The fourth-order valence-corrected chi connectivity index (χ4v) is 2.33. The van der Waals surface area contributed by atoms with Crippen LogP contribution in [-0.4, -0.2) is 4.98 Å². The molecule has 0 unspecified atom stereocenters. The molecule has 18 heavy (non-hydrogen) atoms. The summed E-state index contributed by atoms with van der Waals surface area (Å²) < 4.78 is 5.56. The Labute approximate surface area is 119 Å². The van der Waals surface area contributed by atoms with Gasteiger partial charge in [-0.15, -0.1) is 0 Å². The van der Waals surface area contributed by atoms with Crippen LogP contribution in [0.1, 0.15) is 5.56 Å². The number of nitrogens with two attached hydrogens (primary N) is 1. The molecule has 0 radical (unpaired) electrons. The fraction of sp³-hybridized carbons (Fsp3) is 0.0833. The summed E-state index contributed by atoms with van der Waals surface area (Å²) in [6, 6.07) is 6.67. The van der Waals surface area contributed by atoms with Crippen LogP contribution in [0.5, 0.6) is 5.75 Å². The summed E-state index contributed by atoms with van der Waals surface area (Å²) in [6.07, 6.45) is 1.61. The van der Waals surface area contributed by atoms with Crippen molar-refractivity contribution in [2.24, 2.45) is 0 Å². The summed E-state index contributed by atoms with van der Waals surface area (Å²) in [6.45, 7) is 0.299. The van der Waals surface area contributed by atoms with Crippen molar-refractivity contribution < 1.29 is 4.74 Å². The molecule has 0 saturated heterocycles. The minimum absolute atomic E-state index is 0.299. The van der Waals surface area contributed by atoms with E-state index in [4.69, 9.17) is 45.3 Å². The van der Waals surface area contributed by atoms with Gasteiger partial charge in [0, 0.05) is 11.2 Å². The Morgan fingerprint density at radius 1 is 1.11 bits per heavy atom. The van der Waals surface area contributed by atoms with Crippen LogP contribution in [0, 0.1) is 0 Å². The van der Waals surface area contributed by atoms with Crippen molar-refractivity contribution in [2.75, 3.05) is 5.73 Å². The summed E-state index contributed by atoms with van der Waals surface area (Å²) in [4.78, 5) is 3.89. The summed E-state index contributed by atoms with van der Waals surface area (Å²) in [7, 11) is 0. The first-order valence-corrected chi connectivity index (χ1v) is 6.17. The maximum absolute atomic E-state index is 6.00. The average Bonchev–Trinajstić information content (AvgIpc) is 2.27. The molecule has 0 bridgehead atoms. The molecule has 2 N–H and O–H groups in total. The van der Waals surface area contributed by atoms with Gasteiger partial charge < -0.3 is 10.5 Å². The minimum atomic E-state index is 0.299. The van der Waals surface area contributed by atoms with Gasteiger partial charge in [0.15, 0.2) is 5.75 Å². The summed E-state index contributed by atoms with van der Waals surface area (Å²) in [5, 5.41) is 1.20. The van der Waals surface area contributed by atoms with Crippen LogP contribution < -0.4 is 10.5 Å². The lowest BCUT2D eigenvalue weighted by Crippen LogP contribution is -1.99. The first-order chi connectivity index (χ1) is 8.56. The third kappa shape index (κ3) is 3.19. The lowest BCUT2D eigenvalue weighted by Gasteiger charge is -2.10. The molecule has 0 saturated carbocycles. The predicted octanol–water partition coefficient (Wildman–Crippen LogP) is 4.20. The van der Waals surface area contributed by atoms with Gasteiger partial charge >= 0.3 is 0 Å². The monoisotopic (exact) mass is 302 g/mol. The molecule has 0 amide bonds. The Balaban J connectivity index is 2.16. The largest absolute Gasteiger partial charge is 0.486 e. The first-order valence-electron chi connectivity index (χ1n) is 5.04. The number of hydrogen-bond donors (Lipinski definition) is 1. The number of anilines is 1. The molecule has 6 heteroatoms. The van der Waals surface area contributed by atoms with E-state index in [1.54, 1.807) is 30.5 Å². The zero-order valence-corrected chi connectivity index (χ0v) is 11.4. The van der Waals surface area contributed by atoms with Crippen molar-refractivity contribution in [1.29, 1.82) is 0 Å². The number of nitrogen functional groups attached to an aromatic ring is 1.